The Morgan fingerprint density at radius 3 is 2.81 bits per heavy atom. The second kappa shape index (κ2) is 6.69. The normalized spacial score (nSPS) is 11.4. The van der Waals surface area contributed by atoms with Gasteiger partial charge in [0.15, 0.2) is 0 Å². The van der Waals surface area contributed by atoms with Gasteiger partial charge < -0.3 is 19.3 Å². The van der Waals surface area contributed by atoms with E-state index >= 15 is 0 Å². The number of ether oxygens (including phenoxy) is 1. The molecule has 0 aliphatic carbocycles. The quantitative estimate of drug-likeness (QED) is 0.843. The molecule has 0 radical (unpaired) electrons. The maximum atomic E-state index is 11.0. The predicted octanol–water partition coefficient (Wildman–Crippen LogP) is 1.83. The molecule has 0 aliphatic heterocycles. The van der Waals surface area contributed by atoms with Gasteiger partial charge in [-0.1, -0.05) is 0 Å². The molecule has 21 heavy (non-hydrogen) atoms. The van der Waals surface area contributed by atoms with Crippen molar-refractivity contribution in [1.82, 2.24) is 14.5 Å². The fourth-order valence-corrected chi connectivity index (χ4v) is 2.35. The number of aromatic nitrogens is 2. The topological polar surface area (TPSA) is 67.6 Å². The Balaban J connectivity index is 2.35. The van der Waals surface area contributed by atoms with Crippen molar-refractivity contribution in [2.24, 2.45) is 0 Å². The fourth-order valence-electron chi connectivity index (χ4n) is 2.35. The molecule has 0 aliphatic rings. The number of aryl methyl sites for hydroxylation is 1. The van der Waals surface area contributed by atoms with E-state index in [1.165, 1.54) is 0 Å². The number of nitrogens with zero attached hydrogens (tertiary/aromatic N) is 3. The average Bonchev–Trinajstić information content (AvgIpc) is 2.76. The Morgan fingerprint density at radius 1 is 1.43 bits per heavy atom. The van der Waals surface area contributed by atoms with Crippen LogP contribution in [0.5, 0.6) is 0 Å². The summed E-state index contributed by atoms with van der Waals surface area (Å²) in [4.78, 5) is 17.7. The Kier molecular flexibility index (Phi) is 4.93. The molecule has 1 aromatic heterocycles. The van der Waals surface area contributed by atoms with Gasteiger partial charge in [-0.25, -0.2) is 9.78 Å². The molecule has 6 heteroatoms. The third-order valence-electron chi connectivity index (χ3n) is 3.33. The number of carboxylic acids is 1. The van der Waals surface area contributed by atoms with Gasteiger partial charge in [0, 0.05) is 13.7 Å². The van der Waals surface area contributed by atoms with Crippen molar-refractivity contribution in [2.75, 3.05) is 27.7 Å². The molecule has 0 fully saturated rings. The van der Waals surface area contributed by atoms with E-state index in [1.54, 1.807) is 19.2 Å². The van der Waals surface area contributed by atoms with E-state index in [4.69, 9.17) is 9.84 Å². The van der Waals surface area contributed by atoms with Crippen LogP contribution in [0.4, 0.5) is 0 Å². The second-order valence-corrected chi connectivity index (χ2v) is 5.28. The number of hydrogen-bond donors (Lipinski definition) is 1. The van der Waals surface area contributed by atoms with Crippen molar-refractivity contribution in [2.45, 2.75) is 19.6 Å². The summed E-state index contributed by atoms with van der Waals surface area (Å²) in [6.45, 7) is 2.23. The SMILES string of the molecule is COCc1nc2cc(C(=O)O)ccc2n1CCCN(C)C. The molecule has 0 spiro atoms. The van der Waals surface area contributed by atoms with Crippen LogP contribution in [0.1, 0.15) is 22.6 Å². The minimum Gasteiger partial charge on any atom is -0.478 e. The summed E-state index contributed by atoms with van der Waals surface area (Å²) in [5.41, 5.74) is 1.90. The molecule has 0 saturated carbocycles. The van der Waals surface area contributed by atoms with Crippen LogP contribution < -0.4 is 0 Å². The number of imidazole rings is 1. The van der Waals surface area contributed by atoms with E-state index in [2.05, 4.69) is 14.5 Å². The molecule has 2 aromatic rings. The van der Waals surface area contributed by atoms with Crippen molar-refractivity contribution in [3.8, 4) is 0 Å². The zero-order chi connectivity index (χ0) is 15.4. The van der Waals surface area contributed by atoms with Gasteiger partial charge in [0.25, 0.3) is 0 Å². The first kappa shape index (κ1) is 15.5. The number of benzene rings is 1. The maximum absolute atomic E-state index is 11.0. The van der Waals surface area contributed by atoms with Gasteiger partial charge in [0.1, 0.15) is 12.4 Å². The largest absolute Gasteiger partial charge is 0.478 e. The third-order valence-corrected chi connectivity index (χ3v) is 3.33. The van der Waals surface area contributed by atoms with Crippen LogP contribution >= 0.6 is 0 Å². The highest BCUT2D eigenvalue weighted by atomic mass is 16.5. The molecule has 114 valence electrons. The van der Waals surface area contributed by atoms with Crippen LogP contribution in [-0.4, -0.2) is 53.3 Å². The van der Waals surface area contributed by atoms with Crippen LogP contribution in [0.15, 0.2) is 18.2 Å². The highest BCUT2D eigenvalue weighted by molar-refractivity contribution is 5.92. The van der Waals surface area contributed by atoms with Crippen molar-refractivity contribution < 1.29 is 14.6 Å². The predicted molar refractivity (Wildman–Crippen MR) is 80.6 cm³/mol. The number of rotatable bonds is 7. The van der Waals surface area contributed by atoms with Gasteiger partial charge >= 0.3 is 5.97 Å². The summed E-state index contributed by atoms with van der Waals surface area (Å²) in [6, 6.07) is 5.05. The lowest BCUT2D eigenvalue weighted by atomic mass is 10.2. The van der Waals surface area contributed by atoms with Gasteiger partial charge in [0.2, 0.25) is 0 Å². The number of aromatic carboxylic acids is 1. The van der Waals surface area contributed by atoms with Gasteiger partial charge in [-0.15, -0.1) is 0 Å². The highest BCUT2D eigenvalue weighted by Gasteiger charge is 2.13. The van der Waals surface area contributed by atoms with Gasteiger partial charge in [-0.2, -0.15) is 0 Å². The summed E-state index contributed by atoms with van der Waals surface area (Å²) >= 11 is 0. The Morgan fingerprint density at radius 2 is 2.19 bits per heavy atom. The number of carboxylic acid groups (broad SMARTS) is 1. The first-order valence-corrected chi connectivity index (χ1v) is 6.89. The molecule has 1 N–H and O–H groups in total. The molecule has 1 aromatic carbocycles. The minimum atomic E-state index is -0.938. The van der Waals surface area contributed by atoms with Crippen molar-refractivity contribution >= 4 is 17.0 Å². The van der Waals surface area contributed by atoms with E-state index in [0.29, 0.717) is 12.1 Å². The lowest BCUT2D eigenvalue weighted by molar-refractivity contribution is 0.0697. The number of carbonyl (C=O) groups is 1. The van der Waals surface area contributed by atoms with E-state index in [1.807, 2.05) is 20.2 Å². The van der Waals surface area contributed by atoms with Crippen LogP contribution in [0, 0.1) is 0 Å². The van der Waals surface area contributed by atoms with Crippen LogP contribution in [0.25, 0.3) is 11.0 Å². The van der Waals surface area contributed by atoms with Crippen molar-refractivity contribution in [1.29, 1.82) is 0 Å². The van der Waals surface area contributed by atoms with Crippen LogP contribution in [-0.2, 0) is 17.9 Å². The fraction of sp³-hybridized carbons (Fsp3) is 0.467. The second-order valence-electron chi connectivity index (χ2n) is 5.28. The van der Waals surface area contributed by atoms with Crippen molar-refractivity contribution in [3.63, 3.8) is 0 Å². The molecule has 0 saturated heterocycles. The lowest BCUT2D eigenvalue weighted by Crippen LogP contribution is -2.16. The monoisotopic (exact) mass is 291 g/mol. The first-order chi connectivity index (χ1) is 10.0. The number of hydrogen-bond acceptors (Lipinski definition) is 4. The van der Waals surface area contributed by atoms with Gasteiger partial charge in [0.05, 0.1) is 16.6 Å². The number of methoxy groups -OCH3 is 1. The summed E-state index contributed by atoms with van der Waals surface area (Å²) in [6.07, 6.45) is 0.996. The van der Waals surface area contributed by atoms with Gasteiger partial charge in [-0.3, -0.25) is 0 Å². The highest BCUT2D eigenvalue weighted by Crippen LogP contribution is 2.19. The lowest BCUT2D eigenvalue weighted by Gasteiger charge is -2.12. The van der Waals surface area contributed by atoms with Gasteiger partial charge in [-0.05, 0) is 45.3 Å². The Hall–Kier alpha value is -1.92. The van der Waals surface area contributed by atoms with E-state index in [0.717, 1.165) is 30.9 Å². The molecule has 0 atom stereocenters. The molecule has 1 heterocycles. The van der Waals surface area contributed by atoms with E-state index < -0.39 is 5.97 Å². The minimum absolute atomic E-state index is 0.254. The zero-order valence-electron chi connectivity index (χ0n) is 12.7. The van der Waals surface area contributed by atoms with E-state index in [-0.39, 0.29) is 5.56 Å². The molecular weight excluding hydrogens is 270 g/mol. The average molecular weight is 291 g/mol. The first-order valence-electron chi connectivity index (χ1n) is 6.89. The van der Waals surface area contributed by atoms with Crippen LogP contribution in [0.3, 0.4) is 0 Å². The molecule has 6 nitrogen and oxygen atoms in total. The molecular formula is C15H21N3O3. The molecule has 0 unspecified atom stereocenters. The van der Waals surface area contributed by atoms with Crippen molar-refractivity contribution in [3.05, 3.63) is 29.6 Å². The summed E-state index contributed by atoms with van der Waals surface area (Å²) in [7, 11) is 5.72. The summed E-state index contributed by atoms with van der Waals surface area (Å²) in [5.74, 6) is -0.110. The summed E-state index contributed by atoms with van der Waals surface area (Å²) < 4.78 is 7.30. The Labute approximate surface area is 124 Å². The zero-order valence-corrected chi connectivity index (χ0v) is 12.7. The van der Waals surface area contributed by atoms with E-state index in [9.17, 15) is 4.79 Å². The number of fused-ring (bicyclic) bond motifs is 1. The third kappa shape index (κ3) is 3.59. The van der Waals surface area contributed by atoms with Crippen LogP contribution in [0.2, 0.25) is 0 Å². The Bertz CT molecular complexity index is 634. The molecule has 0 amide bonds. The molecule has 0 bridgehead atoms. The standard InChI is InChI=1S/C15H21N3O3/c1-17(2)7-4-8-18-13-6-5-11(15(19)20)9-12(13)16-14(18)10-21-3/h5-6,9H,4,7-8,10H2,1-3H3,(H,19,20). The maximum Gasteiger partial charge on any atom is 0.335 e. The molecule has 2 rings (SSSR count). The smallest absolute Gasteiger partial charge is 0.335 e. The summed E-state index contributed by atoms with van der Waals surface area (Å²) in [5, 5.41) is 9.06.